The Morgan fingerprint density at radius 3 is 1.95 bits per heavy atom. The van der Waals surface area contributed by atoms with Gasteiger partial charge < -0.3 is 0 Å². The van der Waals surface area contributed by atoms with E-state index in [1.807, 2.05) is 6.07 Å². The Kier molecular flexibility index (Phi) is 2.28. The van der Waals surface area contributed by atoms with Crippen LogP contribution in [0.1, 0.15) is 5.56 Å². The Hall–Kier alpha value is -2.78. The maximum atomic E-state index is 5.78. The Bertz CT molecular complexity index is 995. The van der Waals surface area contributed by atoms with Crippen LogP contribution in [0.3, 0.4) is 0 Å². The molecule has 0 spiro atoms. The van der Waals surface area contributed by atoms with Crippen LogP contribution in [0.25, 0.3) is 32.3 Å². The zero-order valence-corrected chi connectivity index (χ0v) is 10.9. The summed E-state index contributed by atoms with van der Waals surface area (Å²) in [5, 5.41) is 7.19. The Morgan fingerprint density at radius 1 is 0.600 bits per heavy atom. The van der Waals surface area contributed by atoms with Crippen LogP contribution in [-0.2, 0) is 0 Å². The van der Waals surface area contributed by atoms with Gasteiger partial charge >= 0.3 is 0 Å². The summed E-state index contributed by atoms with van der Waals surface area (Å²) >= 11 is 0. The van der Waals surface area contributed by atoms with Crippen molar-refractivity contribution in [1.82, 2.24) is 0 Å². The van der Waals surface area contributed by atoms with Gasteiger partial charge in [-0.3, -0.25) is 0 Å². The molecule has 20 heavy (non-hydrogen) atoms. The van der Waals surface area contributed by atoms with E-state index >= 15 is 0 Å². The van der Waals surface area contributed by atoms with E-state index in [0.29, 0.717) is 0 Å². The van der Waals surface area contributed by atoms with Crippen LogP contribution in [0, 0.1) is 12.3 Å². The van der Waals surface area contributed by atoms with Gasteiger partial charge in [0.1, 0.15) is 0 Å². The van der Waals surface area contributed by atoms with Crippen molar-refractivity contribution >= 4 is 32.3 Å². The number of hydrogen-bond acceptors (Lipinski definition) is 0. The summed E-state index contributed by atoms with van der Waals surface area (Å²) in [6.45, 7) is 0. The van der Waals surface area contributed by atoms with Gasteiger partial charge in [0.2, 0.25) is 0 Å². The third kappa shape index (κ3) is 1.51. The van der Waals surface area contributed by atoms with Gasteiger partial charge in [-0.2, -0.15) is 0 Å². The summed E-state index contributed by atoms with van der Waals surface area (Å²) in [7, 11) is 0. The number of terminal acetylenes is 1. The summed E-state index contributed by atoms with van der Waals surface area (Å²) in [5.41, 5.74) is 0.990. The van der Waals surface area contributed by atoms with Crippen LogP contribution < -0.4 is 0 Å². The van der Waals surface area contributed by atoms with E-state index in [-0.39, 0.29) is 0 Å². The van der Waals surface area contributed by atoms with E-state index < -0.39 is 0 Å². The van der Waals surface area contributed by atoms with Crippen LogP contribution in [0.15, 0.2) is 66.7 Å². The van der Waals surface area contributed by atoms with Gasteiger partial charge in [0.05, 0.1) is 0 Å². The molecule has 0 fully saturated rings. The smallest absolute Gasteiger partial charge is 0.0399 e. The second-order valence-electron chi connectivity index (χ2n) is 5.04. The Labute approximate surface area is 117 Å². The van der Waals surface area contributed by atoms with Gasteiger partial charge in [0.25, 0.3) is 0 Å². The number of fused-ring (bicyclic) bond motifs is 3. The third-order valence-electron chi connectivity index (χ3n) is 3.87. The van der Waals surface area contributed by atoms with Gasteiger partial charge in [-0.15, -0.1) is 6.42 Å². The molecule has 4 aromatic carbocycles. The number of rotatable bonds is 0. The zero-order chi connectivity index (χ0) is 13.5. The highest BCUT2D eigenvalue weighted by atomic mass is 14.1. The minimum Gasteiger partial charge on any atom is -0.115 e. The first-order chi connectivity index (χ1) is 9.86. The molecule has 0 heteroatoms. The lowest BCUT2D eigenvalue weighted by Crippen LogP contribution is -1.85. The molecule has 4 rings (SSSR count). The molecule has 4 aromatic rings. The predicted molar refractivity (Wildman–Crippen MR) is 86.9 cm³/mol. The first-order valence-electron chi connectivity index (χ1n) is 6.68. The van der Waals surface area contributed by atoms with Crippen molar-refractivity contribution < 1.29 is 0 Å². The van der Waals surface area contributed by atoms with E-state index in [9.17, 15) is 0 Å². The normalized spacial score (nSPS) is 10.9. The number of hydrogen-bond donors (Lipinski definition) is 0. The maximum absolute atomic E-state index is 5.78. The summed E-state index contributed by atoms with van der Waals surface area (Å²) in [6.07, 6.45) is 5.78. The van der Waals surface area contributed by atoms with Crippen molar-refractivity contribution in [3.63, 3.8) is 0 Å². The van der Waals surface area contributed by atoms with Crippen molar-refractivity contribution in [2.75, 3.05) is 0 Å². The standard InChI is InChI=1S/C20H12/c1-2-18-19-10-6-5-9-16(19)12-17-11-14-7-3-4-8-15(14)13-20(17)18/h1,3-13H. The van der Waals surface area contributed by atoms with Crippen LogP contribution in [0.5, 0.6) is 0 Å². The van der Waals surface area contributed by atoms with Crippen LogP contribution in [-0.4, -0.2) is 0 Å². The highest BCUT2D eigenvalue weighted by molar-refractivity contribution is 6.09. The molecule has 0 nitrogen and oxygen atoms in total. The van der Waals surface area contributed by atoms with Crippen molar-refractivity contribution in [2.24, 2.45) is 0 Å². The van der Waals surface area contributed by atoms with Gasteiger partial charge in [-0.1, -0.05) is 54.5 Å². The highest BCUT2D eigenvalue weighted by Crippen LogP contribution is 2.31. The van der Waals surface area contributed by atoms with Crippen LogP contribution >= 0.6 is 0 Å². The molecule has 0 aromatic heterocycles. The largest absolute Gasteiger partial charge is 0.115 e. The average molecular weight is 252 g/mol. The first-order valence-corrected chi connectivity index (χ1v) is 6.68. The van der Waals surface area contributed by atoms with Gasteiger partial charge in [-0.05, 0) is 50.5 Å². The fraction of sp³-hybridized carbons (Fsp3) is 0. The molecule has 0 aliphatic rings. The lowest BCUT2D eigenvalue weighted by molar-refractivity contribution is 1.75. The van der Waals surface area contributed by atoms with E-state index in [2.05, 4.69) is 66.6 Å². The Morgan fingerprint density at radius 2 is 1.20 bits per heavy atom. The number of benzene rings is 4. The van der Waals surface area contributed by atoms with Gasteiger partial charge in [0.15, 0.2) is 0 Å². The second kappa shape index (κ2) is 4.11. The van der Waals surface area contributed by atoms with E-state index in [1.165, 1.54) is 21.5 Å². The van der Waals surface area contributed by atoms with Crippen molar-refractivity contribution in [3.05, 3.63) is 72.3 Å². The quantitative estimate of drug-likeness (QED) is 0.301. The summed E-state index contributed by atoms with van der Waals surface area (Å²) < 4.78 is 0. The fourth-order valence-electron chi connectivity index (χ4n) is 2.91. The third-order valence-corrected chi connectivity index (χ3v) is 3.87. The molecule has 0 saturated carbocycles. The lowest BCUT2D eigenvalue weighted by atomic mass is 9.95. The predicted octanol–water partition coefficient (Wildman–Crippen LogP) is 5.13. The van der Waals surface area contributed by atoms with E-state index in [0.717, 1.165) is 16.3 Å². The molecule has 0 atom stereocenters. The molecule has 0 bridgehead atoms. The maximum Gasteiger partial charge on any atom is 0.0399 e. The molecule has 0 heterocycles. The van der Waals surface area contributed by atoms with Gasteiger partial charge in [-0.25, -0.2) is 0 Å². The molecule has 0 aliphatic carbocycles. The van der Waals surface area contributed by atoms with Crippen molar-refractivity contribution in [2.45, 2.75) is 0 Å². The summed E-state index contributed by atoms with van der Waals surface area (Å²) in [5.74, 6) is 2.88. The molecule has 0 amide bonds. The first kappa shape index (κ1) is 11.1. The van der Waals surface area contributed by atoms with Crippen LogP contribution in [0.2, 0.25) is 0 Å². The molecule has 0 saturated heterocycles. The van der Waals surface area contributed by atoms with E-state index in [1.54, 1.807) is 0 Å². The topological polar surface area (TPSA) is 0 Å². The van der Waals surface area contributed by atoms with Crippen LogP contribution in [0.4, 0.5) is 0 Å². The molecular weight excluding hydrogens is 240 g/mol. The Balaban J connectivity index is 2.29. The van der Waals surface area contributed by atoms with Gasteiger partial charge in [0, 0.05) is 5.56 Å². The molecule has 0 radical (unpaired) electrons. The molecule has 0 N–H and O–H groups in total. The fourth-order valence-corrected chi connectivity index (χ4v) is 2.91. The molecule has 92 valence electrons. The molecule has 0 aliphatic heterocycles. The zero-order valence-electron chi connectivity index (χ0n) is 10.9. The lowest BCUT2D eigenvalue weighted by Gasteiger charge is -2.08. The minimum atomic E-state index is 0.990. The van der Waals surface area contributed by atoms with E-state index in [4.69, 9.17) is 6.42 Å². The second-order valence-corrected chi connectivity index (χ2v) is 5.04. The highest BCUT2D eigenvalue weighted by Gasteiger charge is 2.06. The molecular formula is C20H12. The van der Waals surface area contributed by atoms with Crippen molar-refractivity contribution in [3.8, 4) is 12.3 Å². The summed E-state index contributed by atoms with van der Waals surface area (Å²) in [4.78, 5) is 0. The summed E-state index contributed by atoms with van der Waals surface area (Å²) in [6, 6.07) is 23.3. The minimum absolute atomic E-state index is 0.990. The SMILES string of the molecule is C#Cc1c2ccccc2cc2cc3ccccc3cc12. The van der Waals surface area contributed by atoms with Crippen molar-refractivity contribution in [1.29, 1.82) is 0 Å². The monoisotopic (exact) mass is 252 g/mol. The molecule has 0 unspecified atom stereocenters. The average Bonchev–Trinajstić information content (AvgIpc) is 2.50.